The minimum Gasteiger partial charge on any atom is -0.274 e. The van der Waals surface area contributed by atoms with Gasteiger partial charge in [-0.25, -0.2) is 17.7 Å². The first-order chi connectivity index (χ1) is 13.0. The van der Waals surface area contributed by atoms with Crippen LogP contribution in [0.1, 0.15) is 27.2 Å². The molecule has 1 atom stereocenters. The van der Waals surface area contributed by atoms with Crippen LogP contribution in [0.4, 0.5) is 10.1 Å². The SMILES string of the molecule is CC(C)(C)N(C1CC(=O)N(c2ccc(F)cc2)C1=O)S(=O)(=O)c1ccccc1. The molecule has 1 aliphatic rings. The van der Waals surface area contributed by atoms with E-state index in [0.717, 1.165) is 21.3 Å². The van der Waals surface area contributed by atoms with Crippen molar-refractivity contribution in [3.63, 3.8) is 0 Å². The Bertz CT molecular complexity index is 999. The molecular weight excluding hydrogens is 383 g/mol. The molecule has 0 aliphatic carbocycles. The quantitative estimate of drug-likeness (QED) is 0.735. The van der Waals surface area contributed by atoms with Crippen molar-refractivity contribution < 1.29 is 22.4 Å². The Morgan fingerprint density at radius 1 is 1.00 bits per heavy atom. The lowest BCUT2D eigenvalue weighted by molar-refractivity contribution is -0.122. The first-order valence-electron chi connectivity index (χ1n) is 8.75. The third kappa shape index (κ3) is 3.57. The van der Waals surface area contributed by atoms with E-state index in [9.17, 15) is 22.4 Å². The molecule has 0 saturated carbocycles. The number of sulfonamides is 1. The van der Waals surface area contributed by atoms with Gasteiger partial charge in [0.05, 0.1) is 17.0 Å². The average molecular weight is 404 g/mol. The summed E-state index contributed by atoms with van der Waals surface area (Å²) in [6.45, 7) is 5.02. The summed E-state index contributed by atoms with van der Waals surface area (Å²) >= 11 is 0. The van der Waals surface area contributed by atoms with Crippen LogP contribution >= 0.6 is 0 Å². The van der Waals surface area contributed by atoms with Crippen molar-refractivity contribution >= 4 is 27.5 Å². The van der Waals surface area contributed by atoms with Crippen molar-refractivity contribution in [2.24, 2.45) is 0 Å². The maximum Gasteiger partial charge on any atom is 0.252 e. The molecule has 2 amide bonds. The number of hydrogen-bond donors (Lipinski definition) is 0. The second-order valence-corrected chi connectivity index (χ2v) is 9.36. The lowest BCUT2D eigenvalue weighted by Gasteiger charge is -2.37. The van der Waals surface area contributed by atoms with E-state index >= 15 is 0 Å². The van der Waals surface area contributed by atoms with Crippen LogP contribution in [0.2, 0.25) is 0 Å². The van der Waals surface area contributed by atoms with Crippen molar-refractivity contribution in [3.05, 3.63) is 60.4 Å². The predicted molar refractivity (Wildman–Crippen MR) is 103 cm³/mol. The Hall–Kier alpha value is -2.58. The number of amides is 2. The van der Waals surface area contributed by atoms with Gasteiger partial charge in [-0.15, -0.1) is 0 Å². The Morgan fingerprint density at radius 3 is 2.11 bits per heavy atom. The van der Waals surface area contributed by atoms with Gasteiger partial charge in [-0.05, 0) is 57.2 Å². The summed E-state index contributed by atoms with van der Waals surface area (Å²) < 4.78 is 40.9. The van der Waals surface area contributed by atoms with Gasteiger partial charge in [-0.2, -0.15) is 4.31 Å². The van der Waals surface area contributed by atoms with Gasteiger partial charge in [-0.1, -0.05) is 18.2 Å². The molecular formula is C20H21FN2O4S. The smallest absolute Gasteiger partial charge is 0.252 e. The van der Waals surface area contributed by atoms with E-state index in [-0.39, 0.29) is 17.0 Å². The minimum atomic E-state index is -4.04. The largest absolute Gasteiger partial charge is 0.274 e. The van der Waals surface area contributed by atoms with Crippen LogP contribution in [-0.2, 0) is 19.6 Å². The molecule has 2 aromatic rings. The van der Waals surface area contributed by atoms with Crippen LogP contribution in [-0.4, -0.2) is 36.1 Å². The highest BCUT2D eigenvalue weighted by atomic mass is 32.2. The fourth-order valence-electron chi connectivity index (χ4n) is 3.36. The van der Waals surface area contributed by atoms with E-state index in [4.69, 9.17) is 0 Å². The van der Waals surface area contributed by atoms with Crippen LogP contribution in [0.5, 0.6) is 0 Å². The van der Waals surface area contributed by atoms with Gasteiger partial charge in [0, 0.05) is 5.54 Å². The van der Waals surface area contributed by atoms with Gasteiger partial charge in [0.15, 0.2) is 0 Å². The number of carbonyl (C=O) groups excluding carboxylic acids is 2. The zero-order valence-corrected chi connectivity index (χ0v) is 16.6. The highest BCUT2D eigenvalue weighted by molar-refractivity contribution is 7.89. The maximum atomic E-state index is 13.3. The van der Waals surface area contributed by atoms with Crippen LogP contribution in [0.3, 0.4) is 0 Å². The molecule has 1 heterocycles. The molecule has 0 spiro atoms. The summed E-state index contributed by atoms with van der Waals surface area (Å²) in [5.41, 5.74) is -0.737. The molecule has 1 aliphatic heterocycles. The number of rotatable bonds is 4. The minimum absolute atomic E-state index is 0.0467. The van der Waals surface area contributed by atoms with E-state index in [2.05, 4.69) is 0 Å². The molecule has 1 saturated heterocycles. The van der Waals surface area contributed by atoms with E-state index < -0.39 is 39.2 Å². The van der Waals surface area contributed by atoms with Gasteiger partial charge in [0.2, 0.25) is 15.9 Å². The Balaban J connectivity index is 2.04. The third-order valence-corrected chi connectivity index (χ3v) is 6.64. The molecule has 2 aromatic carbocycles. The number of carbonyl (C=O) groups is 2. The Kier molecular flexibility index (Phi) is 5.12. The number of benzene rings is 2. The number of nitrogens with zero attached hydrogens (tertiary/aromatic N) is 2. The van der Waals surface area contributed by atoms with Crippen LogP contribution in [0.25, 0.3) is 0 Å². The van der Waals surface area contributed by atoms with Crippen molar-refractivity contribution in [2.45, 2.75) is 43.7 Å². The molecule has 0 N–H and O–H groups in total. The first kappa shape index (κ1) is 20.2. The summed E-state index contributed by atoms with van der Waals surface area (Å²) in [5, 5.41) is 0. The zero-order chi connectivity index (χ0) is 20.7. The standard InChI is InChI=1S/C20H21FN2O4S/c1-20(2,3)23(28(26,27)16-7-5-4-6-8-16)17-13-18(24)22(19(17)25)15-11-9-14(21)10-12-15/h4-12,17H,13H2,1-3H3. The van der Waals surface area contributed by atoms with Crippen LogP contribution < -0.4 is 4.90 Å². The van der Waals surface area contributed by atoms with Gasteiger partial charge >= 0.3 is 0 Å². The van der Waals surface area contributed by atoms with Crippen LogP contribution in [0, 0.1) is 5.82 Å². The molecule has 0 radical (unpaired) electrons. The Labute approximate surface area is 163 Å². The van der Waals surface area contributed by atoms with Crippen molar-refractivity contribution in [1.82, 2.24) is 4.31 Å². The molecule has 28 heavy (non-hydrogen) atoms. The van der Waals surface area contributed by atoms with E-state index in [1.165, 1.54) is 24.3 Å². The number of hydrogen-bond acceptors (Lipinski definition) is 4. The molecule has 8 heteroatoms. The average Bonchev–Trinajstić information content (AvgIpc) is 2.89. The lowest BCUT2D eigenvalue weighted by atomic mass is 10.1. The summed E-state index contributed by atoms with van der Waals surface area (Å²) in [6, 6.07) is 11.5. The summed E-state index contributed by atoms with van der Waals surface area (Å²) in [5.74, 6) is -1.67. The molecule has 1 unspecified atom stereocenters. The summed E-state index contributed by atoms with van der Waals surface area (Å²) in [6.07, 6.45) is -0.278. The normalized spacial score (nSPS) is 18.2. The highest BCUT2D eigenvalue weighted by Gasteiger charge is 2.50. The topological polar surface area (TPSA) is 74.8 Å². The fraction of sp³-hybridized carbons (Fsp3) is 0.300. The first-order valence-corrected chi connectivity index (χ1v) is 10.2. The zero-order valence-electron chi connectivity index (χ0n) is 15.8. The number of imide groups is 1. The third-order valence-electron chi connectivity index (χ3n) is 4.45. The molecule has 3 rings (SSSR count). The van der Waals surface area contributed by atoms with Crippen molar-refractivity contribution in [2.75, 3.05) is 4.90 Å². The molecule has 0 aromatic heterocycles. The van der Waals surface area contributed by atoms with Crippen molar-refractivity contribution in [3.8, 4) is 0 Å². The fourth-order valence-corrected chi connectivity index (χ4v) is 5.31. The maximum absolute atomic E-state index is 13.3. The summed E-state index contributed by atoms with van der Waals surface area (Å²) in [4.78, 5) is 26.6. The second-order valence-electron chi connectivity index (χ2n) is 7.55. The molecule has 1 fully saturated rings. The van der Waals surface area contributed by atoms with Crippen LogP contribution in [0.15, 0.2) is 59.5 Å². The number of anilines is 1. The highest BCUT2D eigenvalue weighted by Crippen LogP contribution is 2.34. The lowest BCUT2D eigenvalue weighted by Crippen LogP contribution is -2.54. The van der Waals surface area contributed by atoms with E-state index in [0.29, 0.717) is 0 Å². The molecule has 148 valence electrons. The molecule has 6 nitrogen and oxygen atoms in total. The van der Waals surface area contributed by atoms with Gasteiger partial charge in [-0.3, -0.25) is 9.59 Å². The van der Waals surface area contributed by atoms with Gasteiger partial charge < -0.3 is 0 Å². The number of halogens is 1. The van der Waals surface area contributed by atoms with Crippen molar-refractivity contribution in [1.29, 1.82) is 0 Å². The van der Waals surface area contributed by atoms with Gasteiger partial charge in [0.1, 0.15) is 11.9 Å². The second kappa shape index (κ2) is 7.10. The predicted octanol–water partition coefficient (Wildman–Crippen LogP) is 2.95. The van der Waals surface area contributed by atoms with E-state index in [1.54, 1.807) is 39.0 Å². The summed E-state index contributed by atoms with van der Waals surface area (Å²) in [7, 11) is -4.04. The molecule has 0 bridgehead atoms. The Morgan fingerprint density at radius 2 is 1.57 bits per heavy atom. The van der Waals surface area contributed by atoms with Gasteiger partial charge in [0.25, 0.3) is 5.91 Å². The monoisotopic (exact) mass is 404 g/mol. The van der Waals surface area contributed by atoms with E-state index in [1.807, 2.05) is 0 Å².